The highest BCUT2D eigenvalue weighted by Gasteiger charge is 2.35. The van der Waals surface area contributed by atoms with E-state index in [1.807, 2.05) is 72.8 Å². The van der Waals surface area contributed by atoms with Gasteiger partial charge in [-0.25, -0.2) is 20.0 Å². The van der Waals surface area contributed by atoms with E-state index in [1.165, 1.54) is 6.21 Å². The fourth-order valence-electron chi connectivity index (χ4n) is 12.0. The standard InChI is InChI=1S/C80H96N8O8/c1-9-17-41-89-68-52-33-25-26-34-53(52)69(90-42-18-10-2)61(60(68)49-81)50-84-77-64-66(74(95-47-23-15-7)58-39-31-29-37-56(58)72(64)93-45-21-13-5)79(86-77)88-80-67-65(73(94-46-22-14-6)57-38-30-32-40-59(57)75(67)96-48-24-16-8)78(87-80)85-51-62-63(76(82)83)71(92-44-20-12-4)55-36-28-27-35-54(55)70(62)91-43-19-11-3/h25-40,49-51,81,86H,9-24,41-48H2,1-8H3,(H3,82,83)/b81-49?,84-50+,85-51+,88-80-. The molecule has 0 spiro atoms. The maximum Gasteiger partial charge on any atom is 0.168 e. The molecular formula is C80H96N8O8. The fraction of sp³-hybridized carbons (Fsp3) is 0.400. The van der Waals surface area contributed by atoms with E-state index in [-0.39, 0.29) is 5.84 Å². The van der Waals surface area contributed by atoms with Crippen LogP contribution in [0, 0.1) is 10.8 Å². The van der Waals surface area contributed by atoms with Crippen molar-refractivity contribution in [2.24, 2.45) is 25.7 Å². The molecule has 0 unspecified atom stereocenters. The van der Waals surface area contributed by atoms with Crippen LogP contribution >= 0.6 is 0 Å². The number of benzene rings is 8. The maximum atomic E-state index is 9.28. The molecule has 8 aromatic carbocycles. The van der Waals surface area contributed by atoms with Crippen molar-refractivity contribution in [1.29, 1.82) is 10.8 Å². The molecule has 0 atom stereocenters. The summed E-state index contributed by atoms with van der Waals surface area (Å²) < 4.78 is 55.2. The molecule has 5 N–H and O–H groups in total. The highest BCUT2D eigenvalue weighted by Crippen LogP contribution is 2.53. The predicted octanol–water partition coefficient (Wildman–Crippen LogP) is 20.2. The zero-order chi connectivity index (χ0) is 67.3. The molecule has 0 fully saturated rings. The van der Waals surface area contributed by atoms with E-state index in [4.69, 9.17) is 69.0 Å². The van der Waals surface area contributed by atoms with Crippen LogP contribution in [0.2, 0.25) is 0 Å². The highest BCUT2D eigenvalue weighted by molar-refractivity contribution is 6.31. The average Bonchev–Trinajstić information content (AvgIpc) is 1.51. The summed E-state index contributed by atoms with van der Waals surface area (Å²) >= 11 is 0. The molecule has 0 bridgehead atoms. The molecule has 1 aromatic heterocycles. The molecule has 0 saturated heterocycles. The Morgan fingerprint density at radius 1 is 0.396 bits per heavy atom. The Morgan fingerprint density at radius 3 is 1.10 bits per heavy atom. The summed E-state index contributed by atoms with van der Waals surface area (Å²) in [5.74, 6) is 5.85. The number of amidine groups is 3. The van der Waals surface area contributed by atoms with Gasteiger partial charge in [-0.05, 0) is 51.4 Å². The van der Waals surface area contributed by atoms with Crippen molar-refractivity contribution in [3.05, 3.63) is 130 Å². The first-order chi connectivity index (χ1) is 47.2. The van der Waals surface area contributed by atoms with Gasteiger partial charge in [0.1, 0.15) is 63.5 Å². The second-order valence-corrected chi connectivity index (χ2v) is 24.3. The number of ether oxygens (including phenoxy) is 8. The van der Waals surface area contributed by atoms with Crippen LogP contribution in [0.25, 0.3) is 53.9 Å². The molecule has 0 aliphatic carbocycles. The number of nitrogens with one attached hydrogen (secondary N) is 3. The number of nitrogens with zero attached hydrogens (tertiary/aromatic N) is 4. The predicted molar refractivity (Wildman–Crippen MR) is 397 cm³/mol. The van der Waals surface area contributed by atoms with Crippen molar-refractivity contribution in [2.45, 2.75) is 158 Å². The van der Waals surface area contributed by atoms with Gasteiger partial charge in [0.2, 0.25) is 0 Å². The molecule has 0 amide bonds. The second-order valence-electron chi connectivity index (χ2n) is 24.3. The largest absolute Gasteiger partial charge is 0.492 e. The number of nitrogens with two attached hydrogens (primary N) is 1. The number of fused-ring (bicyclic) bond motifs is 6. The number of aliphatic imine (C=N–C) groups is 4. The van der Waals surface area contributed by atoms with Crippen LogP contribution in [0.5, 0.6) is 46.0 Å². The lowest BCUT2D eigenvalue weighted by atomic mass is 9.96. The minimum Gasteiger partial charge on any atom is -0.492 e. The number of hydrogen-bond donors (Lipinski definition) is 4. The lowest BCUT2D eigenvalue weighted by Crippen LogP contribution is -2.18. The Hall–Kier alpha value is -9.44. The number of aromatic amines is 1. The zero-order valence-corrected chi connectivity index (χ0v) is 57.6. The molecule has 16 nitrogen and oxygen atoms in total. The number of hydrogen-bond acceptors (Lipinski definition) is 13. The SMILES string of the molecule is CCCCOc1c(C=N)c(/C=N/c2[nH]c(/N=C3N=C(/N=C/c4c(C(=N)N)c(OCCCC)c5ccccc5c4OCCCC)c4c\3c(OCCCC)c3ccccc3c4OCCCC)c3c(OCCCC)c4ccccc4c(OCCCC)c23)c(OCCCC)c2ccccc12. The van der Waals surface area contributed by atoms with E-state index in [0.29, 0.717) is 166 Å². The normalized spacial score (nSPS) is 12.7. The van der Waals surface area contributed by atoms with Gasteiger partial charge in [-0.3, -0.25) is 5.41 Å². The molecule has 2 heterocycles. The van der Waals surface area contributed by atoms with Gasteiger partial charge >= 0.3 is 0 Å². The van der Waals surface area contributed by atoms with Crippen molar-refractivity contribution in [2.75, 3.05) is 52.9 Å². The monoisotopic (exact) mass is 1300 g/mol. The molecule has 1 aliphatic heterocycles. The van der Waals surface area contributed by atoms with Gasteiger partial charge in [0.25, 0.3) is 0 Å². The van der Waals surface area contributed by atoms with Gasteiger partial charge in [-0.1, -0.05) is 204 Å². The lowest BCUT2D eigenvalue weighted by molar-refractivity contribution is 0.305. The summed E-state index contributed by atoms with van der Waals surface area (Å²) in [6.45, 7) is 20.6. The first kappa shape index (κ1) is 69.4. The zero-order valence-electron chi connectivity index (χ0n) is 57.6. The minimum absolute atomic E-state index is 0.193. The highest BCUT2D eigenvalue weighted by atomic mass is 16.5. The first-order valence-electron chi connectivity index (χ1n) is 35.2. The number of nitrogen functional groups attached to an aromatic ring is 1. The Labute approximate surface area is 565 Å². The van der Waals surface area contributed by atoms with Crippen LogP contribution in [-0.4, -0.2) is 94.0 Å². The van der Waals surface area contributed by atoms with Crippen LogP contribution in [-0.2, 0) is 0 Å². The van der Waals surface area contributed by atoms with Crippen LogP contribution in [0.3, 0.4) is 0 Å². The number of rotatable bonds is 38. The molecule has 0 radical (unpaired) electrons. The Kier molecular flexibility index (Phi) is 24.8. The Morgan fingerprint density at radius 2 is 0.708 bits per heavy atom. The van der Waals surface area contributed by atoms with Crippen molar-refractivity contribution in [3.8, 4) is 46.0 Å². The van der Waals surface area contributed by atoms with Gasteiger partial charge < -0.3 is 54.0 Å². The third kappa shape index (κ3) is 15.0. The number of unbranched alkanes of at least 4 members (excludes halogenated alkanes) is 8. The Balaban J connectivity index is 1.33. The smallest absolute Gasteiger partial charge is 0.168 e. The maximum absolute atomic E-state index is 9.28. The van der Waals surface area contributed by atoms with E-state index >= 15 is 0 Å². The first-order valence-corrected chi connectivity index (χ1v) is 35.2. The molecule has 1 aliphatic rings. The Bertz CT molecular complexity index is 4340. The van der Waals surface area contributed by atoms with E-state index in [9.17, 15) is 5.41 Å². The summed E-state index contributed by atoms with van der Waals surface area (Å²) in [6.07, 6.45) is 18.6. The van der Waals surface area contributed by atoms with Crippen LogP contribution in [0.15, 0.2) is 117 Å². The van der Waals surface area contributed by atoms with Gasteiger partial charge in [0.15, 0.2) is 11.7 Å². The molecule has 10 rings (SSSR count). The lowest BCUT2D eigenvalue weighted by Gasteiger charge is -2.21. The van der Waals surface area contributed by atoms with Crippen LogP contribution in [0.1, 0.15) is 192 Å². The fourth-order valence-corrected chi connectivity index (χ4v) is 12.0. The second kappa shape index (κ2) is 34.3. The molecule has 16 heteroatoms. The van der Waals surface area contributed by atoms with E-state index in [2.05, 4.69) is 84.6 Å². The number of aromatic nitrogens is 1. The van der Waals surface area contributed by atoms with Gasteiger partial charge in [0.05, 0.1) is 85.9 Å². The van der Waals surface area contributed by atoms with E-state index in [1.54, 1.807) is 12.4 Å². The van der Waals surface area contributed by atoms with Crippen molar-refractivity contribution < 1.29 is 37.9 Å². The van der Waals surface area contributed by atoms with Gasteiger partial charge in [-0.2, -0.15) is 0 Å². The van der Waals surface area contributed by atoms with Crippen molar-refractivity contribution >= 4 is 102 Å². The summed E-state index contributed by atoms with van der Waals surface area (Å²) in [4.78, 5) is 26.0. The van der Waals surface area contributed by atoms with Crippen molar-refractivity contribution in [3.63, 3.8) is 0 Å². The minimum atomic E-state index is -0.193. The van der Waals surface area contributed by atoms with E-state index in [0.717, 1.165) is 146 Å². The average molecular weight is 1300 g/mol. The van der Waals surface area contributed by atoms with E-state index < -0.39 is 0 Å². The van der Waals surface area contributed by atoms with Crippen LogP contribution in [0.4, 0.5) is 11.6 Å². The third-order valence-electron chi connectivity index (χ3n) is 17.2. The topological polar surface area (TPSA) is 213 Å². The summed E-state index contributed by atoms with van der Waals surface area (Å²) in [6, 6.07) is 32.4. The summed E-state index contributed by atoms with van der Waals surface area (Å²) in [5.41, 5.74) is 9.90. The quantitative estimate of drug-likeness (QED) is 0.0164. The van der Waals surface area contributed by atoms with Crippen molar-refractivity contribution in [1.82, 2.24) is 4.98 Å². The molecule has 9 aromatic rings. The summed E-state index contributed by atoms with van der Waals surface area (Å²) in [5, 5.41) is 26.3. The molecule has 0 saturated carbocycles. The molecule has 504 valence electrons. The number of H-pyrrole nitrogens is 1. The summed E-state index contributed by atoms with van der Waals surface area (Å²) in [7, 11) is 0. The van der Waals surface area contributed by atoms with Gasteiger partial charge in [-0.15, -0.1) is 0 Å². The third-order valence-corrected chi connectivity index (χ3v) is 17.2. The molecular weight excluding hydrogens is 1200 g/mol. The van der Waals surface area contributed by atoms with Gasteiger partial charge in [0, 0.05) is 72.9 Å². The van der Waals surface area contributed by atoms with Crippen LogP contribution < -0.4 is 43.6 Å². The molecule has 96 heavy (non-hydrogen) atoms.